The van der Waals surface area contributed by atoms with E-state index in [2.05, 4.69) is 17.1 Å². The van der Waals surface area contributed by atoms with Crippen molar-refractivity contribution in [2.45, 2.75) is 51.9 Å². The van der Waals surface area contributed by atoms with Crippen LogP contribution in [0.1, 0.15) is 50.9 Å². The van der Waals surface area contributed by atoms with Crippen LogP contribution in [0.5, 0.6) is 0 Å². The number of aromatic nitrogens is 4. The third-order valence-electron chi connectivity index (χ3n) is 8.25. The lowest BCUT2D eigenvalue weighted by Gasteiger charge is -2.40. The highest BCUT2D eigenvalue weighted by Gasteiger charge is 2.36. The largest absolute Gasteiger partial charge is 0.390 e. The molecule has 0 saturated carbocycles. The predicted molar refractivity (Wildman–Crippen MR) is 163 cm³/mol. The monoisotopic (exact) mass is 611 g/mol. The molecule has 1 unspecified atom stereocenters. The maximum atomic E-state index is 13.3. The van der Waals surface area contributed by atoms with E-state index in [1.807, 2.05) is 12.1 Å². The number of aliphatic hydroxyl groups is 1. The van der Waals surface area contributed by atoms with Gasteiger partial charge < -0.3 is 20.1 Å². The first-order valence-corrected chi connectivity index (χ1v) is 14.9. The van der Waals surface area contributed by atoms with Gasteiger partial charge in [-0.25, -0.2) is 19.0 Å². The topological polar surface area (TPSA) is 112 Å². The van der Waals surface area contributed by atoms with Crippen LogP contribution in [0.4, 0.5) is 15.9 Å². The van der Waals surface area contributed by atoms with Gasteiger partial charge in [-0.2, -0.15) is 5.10 Å². The number of benzene rings is 2. The number of nitrogens with one attached hydrogen (secondary N) is 2. The first-order valence-electron chi connectivity index (χ1n) is 14.1. The third kappa shape index (κ3) is 5.44. The lowest BCUT2D eigenvalue weighted by molar-refractivity contribution is -0.0368. The van der Waals surface area contributed by atoms with Crippen LogP contribution in [-0.2, 0) is 11.3 Å². The Morgan fingerprint density at radius 3 is 2.60 bits per heavy atom. The Morgan fingerprint density at radius 1 is 1.14 bits per heavy atom. The van der Waals surface area contributed by atoms with Crippen molar-refractivity contribution in [2.75, 3.05) is 29.9 Å². The molecule has 0 bridgehead atoms. The van der Waals surface area contributed by atoms with Gasteiger partial charge >= 0.3 is 0 Å². The van der Waals surface area contributed by atoms with Crippen molar-refractivity contribution in [3.63, 3.8) is 0 Å². The summed E-state index contributed by atoms with van der Waals surface area (Å²) >= 11 is 12.9. The Labute approximate surface area is 253 Å². The lowest BCUT2D eigenvalue weighted by Crippen LogP contribution is -2.45. The molecule has 9 nitrogen and oxygen atoms in total. The van der Waals surface area contributed by atoms with Gasteiger partial charge in [0.1, 0.15) is 28.6 Å². The average molecular weight is 613 g/mol. The molecule has 42 heavy (non-hydrogen) atoms. The van der Waals surface area contributed by atoms with Gasteiger partial charge in [0, 0.05) is 36.4 Å². The van der Waals surface area contributed by atoms with Crippen LogP contribution in [0.3, 0.4) is 0 Å². The standard InChI is InChI=1S/C30H32Cl2FN7O2/c1-30(29(34)35-19-10-8-18(33)9-11-19)12-14-39(15-13-30)27-22(17-41)36-26-25(20-5-4-6-21(31)24(20)32)38-40(28(26)37-27)23-7-2-3-16-42-23/h4-6,8-11,23,41H,2-3,7,12-17H2,1H3,(H2,34,35). The maximum Gasteiger partial charge on any atom is 0.182 e. The number of fused-ring (bicyclic) bond motifs is 1. The summed E-state index contributed by atoms with van der Waals surface area (Å²) < 4.78 is 21.2. The molecule has 2 aliphatic rings. The molecule has 4 aromatic rings. The molecule has 2 aliphatic heterocycles. The van der Waals surface area contributed by atoms with E-state index in [0.29, 0.717) is 88.0 Å². The Bertz CT molecular complexity index is 1610. The van der Waals surface area contributed by atoms with Gasteiger partial charge in [-0.05, 0) is 62.4 Å². The van der Waals surface area contributed by atoms with Crippen molar-refractivity contribution in [1.82, 2.24) is 19.7 Å². The smallest absolute Gasteiger partial charge is 0.182 e. The minimum absolute atomic E-state index is 0.294. The van der Waals surface area contributed by atoms with E-state index in [-0.39, 0.29) is 18.7 Å². The van der Waals surface area contributed by atoms with Crippen molar-refractivity contribution < 1.29 is 14.2 Å². The Morgan fingerprint density at radius 2 is 1.90 bits per heavy atom. The number of hydrogen-bond acceptors (Lipinski definition) is 7. The number of anilines is 2. The van der Waals surface area contributed by atoms with Crippen LogP contribution in [0, 0.1) is 16.6 Å². The molecule has 2 aromatic carbocycles. The Hall–Kier alpha value is -3.31. The second kappa shape index (κ2) is 11.8. The SMILES string of the molecule is CC1(C(=N)Nc2ccc(F)cc2)CCN(c2nc3c(nc2CO)c(-c2cccc(Cl)c2Cl)nn3C2CCCCO2)CC1. The van der Waals surface area contributed by atoms with Gasteiger partial charge in [-0.3, -0.25) is 5.41 Å². The van der Waals surface area contributed by atoms with Crippen LogP contribution in [0.2, 0.25) is 10.0 Å². The first-order chi connectivity index (χ1) is 20.3. The van der Waals surface area contributed by atoms with Crippen molar-refractivity contribution in [2.24, 2.45) is 5.41 Å². The average Bonchev–Trinajstić information content (AvgIpc) is 3.38. The van der Waals surface area contributed by atoms with Crippen LogP contribution in [0.25, 0.3) is 22.4 Å². The number of piperidine rings is 1. The second-order valence-electron chi connectivity index (χ2n) is 11.1. The Kier molecular flexibility index (Phi) is 8.06. The Balaban J connectivity index is 1.33. The number of amidine groups is 1. The molecule has 2 fully saturated rings. The molecule has 3 N–H and O–H groups in total. The zero-order valence-electron chi connectivity index (χ0n) is 23.2. The van der Waals surface area contributed by atoms with E-state index in [1.54, 1.807) is 22.9 Å². The summed E-state index contributed by atoms with van der Waals surface area (Å²) in [6.45, 7) is 3.61. The lowest BCUT2D eigenvalue weighted by atomic mass is 9.79. The number of ether oxygens (including phenoxy) is 1. The van der Waals surface area contributed by atoms with Gasteiger partial charge in [0.15, 0.2) is 17.7 Å². The number of hydrogen-bond donors (Lipinski definition) is 3. The second-order valence-corrected chi connectivity index (χ2v) is 11.9. The first kappa shape index (κ1) is 28.8. The zero-order chi connectivity index (χ0) is 29.4. The molecular formula is C30H32Cl2FN7O2. The summed E-state index contributed by atoms with van der Waals surface area (Å²) in [5, 5.41) is 28.0. The normalized spacial score (nSPS) is 18.8. The number of halogens is 3. The summed E-state index contributed by atoms with van der Waals surface area (Å²) in [5.74, 6) is 0.655. The van der Waals surface area contributed by atoms with Gasteiger partial charge in [0.2, 0.25) is 0 Å². The molecule has 12 heteroatoms. The van der Waals surface area contributed by atoms with Gasteiger partial charge in [-0.15, -0.1) is 0 Å². The third-order valence-corrected chi connectivity index (χ3v) is 9.06. The summed E-state index contributed by atoms with van der Waals surface area (Å²) in [6, 6.07) is 11.4. The zero-order valence-corrected chi connectivity index (χ0v) is 24.7. The van der Waals surface area contributed by atoms with Gasteiger partial charge in [0.25, 0.3) is 0 Å². The fraction of sp³-hybridized carbons (Fsp3) is 0.400. The maximum absolute atomic E-state index is 13.3. The summed E-state index contributed by atoms with van der Waals surface area (Å²) in [6.07, 6.45) is 3.86. The van der Waals surface area contributed by atoms with Crippen molar-refractivity contribution in [3.8, 4) is 11.3 Å². The molecular weight excluding hydrogens is 580 g/mol. The predicted octanol–water partition coefficient (Wildman–Crippen LogP) is 6.83. The minimum atomic E-state index is -0.407. The summed E-state index contributed by atoms with van der Waals surface area (Å²) in [4.78, 5) is 12.0. The summed E-state index contributed by atoms with van der Waals surface area (Å²) in [7, 11) is 0. The molecule has 2 saturated heterocycles. The quantitative estimate of drug-likeness (QED) is 0.162. The molecule has 0 aliphatic carbocycles. The van der Waals surface area contributed by atoms with E-state index in [1.165, 1.54) is 12.1 Å². The minimum Gasteiger partial charge on any atom is -0.390 e. The number of nitrogens with zero attached hydrogens (tertiary/aromatic N) is 5. The fourth-order valence-corrected chi connectivity index (χ4v) is 6.00. The van der Waals surface area contributed by atoms with E-state index >= 15 is 0 Å². The van der Waals surface area contributed by atoms with Crippen molar-refractivity contribution in [3.05, 3.63) is 64.0 Å². The van der Waals surface area contributed by atoms with Crippen molar-refractivity contribution in [1.29, 1.82) is 5.41 Å². The summed E-state index contributed by atoms with van der Waals surface area (Å²) in [5.41, 5.74) is 2.96. The van der Waals surface area contributed by atoms with Crippen LogP contribution in [-0.4, -0.2) is 50.4 Å². The number of rotatable bonds is 6. The van der Waals surface area contributed by atoms with E-state index in [9.17, 15) is 9.50 Å². The van der Waals surface area contributed by atoms with Crippen LogP contribution >= 0.6 is 23.2 Å². The van der Waals surface area contributed by atoms with E-state index in [0.717, 1.165) is 19.3 Å². The van der Waals surface area contributed by atoms with E-state index in [4.69, 9.17) is 48.4 Å². The molecule has 0 amide bonds. The van der Waals surface area contributed by atoms with Crippen LogP contribution in [0.15, 0.2) is 42.5 Å². The molecule has 2 aromatic heterocycles. The molecule has 220 valence electrons. The van der Waals surface area contributed by atoms with Crippen LogP contribution < -0.4 is 10.2 Å². The van der Waals surface area contributed by atoms with Crippen molar-refractivity contribution >= 4 is 51.7 Å². The number of aliphatic hydroxyl groups excluding tert-OH is 1. The van der Waals surface area contributed by atoms with E-state index < -0.39 is 5.41 Å². The molecule has 4 heterocycles. The highest BCUT2D eigenvalue weighted by Crippen LogP contribution is 2.40. The van der Waals surface area contributed by atoms with Gasteiger partial charge in [0.05, 0.1) is 16.7 Å². The fourth-order valence-electron chi connectivity index (χ4n) is 5.61. The highest BCUT2D eigenvalue weighted by atomic mass is 35.5. The molecule has 1 atom stereocenters. The molecule has 0 spiro atoms. The highest BCUT2D eigenvalue weighted by molar-refractivity contribution is 6.43. The molecule has 0 radical (unpaired) electrons. The molecule has 6 rings (SSSR count). The van der Waals surface area contributed by atoms with Gasteiger partial charge in [-0.1, -0.05) is 42.3 Å².